The predicted molar refractivity (Wildman–Crippen MR) is 146 cm³/mol. The van der Waals surface area contributed by atoms with Gasteiger partial charge in [0, 0.05) is 33.7 Å². The number of methoxy groups -OCH3 is 1. The number of hydrogen-bond donors (Lipinski definition) is 1. The standard InChI is InChI=1S/C29H29BrN2O3/c1-4-31-24-15-22(29(33)34-3)16-25(18-24)32-20(2)9-8-12-27(32)26-17-23(30)13-14-28(26)35-19-21-10-6-5-7-11-21/h5-7,9-18,31H,4,8,19H2,1-3H3. The molecular weight excluding hydrogens is 504 g/mol. The number of esters is 1. The van der Waals surface area contributed by atoms with Crippen LogP contribution in [-0.2, 0) is 11.3 Å². The molecule has 0 spiro atoms. The zero-order valence-corrected chi connectivity index (χ0v) is 21.8. The molecule has 0 aromatic heterocycles. The summed E-state index contributed by atoms with van der Waals surface area (Å²) in [6, 6.07) is 21.9. The Morgan fingerprint density at radius 3 is 2.60 bits per heavy atom. The van der Waals surface area contributed by atoms with Crippen LogP contribution < -0.4 is 15.0 Å². The summed E-state index contributed by atoms with van der Waals surface area (Å²) in [6.07, 6.45) is 5.16. The summed E-state index contributed by atoms with van der Waals surface area (Å²) in [6.45, 7) is 5.32. The van der Waals surface area contributed by atoms with E-state index in [4.69, 9.17) is 9.47 Å². The number of carbonyl (C=O) groups excluding carboxylic acids is 1. The van der Waals surface area contributed by atoms with E-state index in [1.54, 1.807) is 0 Å². The molecule has 1 aliphatic rings. The minimum absolute atomic E-state index is 0.371. The number of halogens is 1. The number of benzene rings is 3. The highest BCUT2D eigenvalue weighted by atomic mass is 79.9. The normalized spacial score (nSPS) is 13.1. The van der Waals surface area contributed by atoms with E-state index in [0.29, 0.717) is 12.2 Å². The molecule has 1 N–H and O–H groups in total. The molecule has 3 aromatic rings. The molecule has 0 amide bonds. The summed E-state index contributed by atoms with van der Waals surface area (Å²) in [4.78, 5) is 14.6. The zero-order valence-electron chi connectivity index (χ0n) is 20.2. The molecule has 4 rings (SSSR count). The molecule has 0 saturated carbocycles. The maximum absolute atomic E-state index is 12.4. The SMILES string of the molecule is CCNc1cc(C(=O)OC)cc(N2C(C)=CCC=C2c2cc(Br)ccc2OCc2ccccc2)c1. The van der Waals surface area contributed by atoms with Crippen molar-refractivity contribution < 1.29 is 14.3 Å². The molecule has 0 saturated heterocycles. The van der Waals surface area contributed by atoms with E-state index in [2.05, 4.69) is 69.5 Å². The average molecular weight is 533 g/mol. The van der Waals surface area contributed by atoms with Gasteiger partial charge in [-0.05, 0) is 62.2 Å². The number of rotatable bonds is 8. The topological polar surface area (TPSA) is 50.8 Å². The largest absolute Gasteiger partial charge is 0.488 e. The number of ether oxygens (including phenoxy) is 2. The van der Waals surface area contributed by atoms with Crippen LogP contribution in [0.3, 0.4) is 0 Å². The Morgan fingerprint density at radius 2 is 1.86 bits per heavy atom. The van der Waals surface area contributed by atoms with Crippen molar-refractivity contribution in [2.75, 3.05) is 23.9 Å². The lowest BCUT2D eigenvalue weighted by atomic mass is 10.0. The third-order valence-corrected chi connectivity index (χ3v) is 6.24. The first kappa shape index (κ1) is 24.6. The van der Waals surface area contributed by atoms with E-state index >= 15 is 0 Å². The van der Waals surface area contributed by atoms with Crippen molar-refractivity contribution >= 4 is 39.0 Å². The maximum Gasteiger partial charge on any atom is 0.337 e. The molecule has 35 heavy (non-hydrogen) atoms. The fraction of sp³-hybridized carbons (Fsp3) is 0.207. The summed E-state index contributed by atoms with van der Waals surface area (Å²) in [5.74, 6) is 0.420. The van der Waals surface area contributed by atoms with Crippen LogP contribution in [0.4, 0.5) is 11.4 Å². The Bertz CT molecular complexity index is 1270. The molecule has 0 radical (unpaired) electrons. The van der Waals surface area contributed by atoms with Crippen LogP contribution >= 0.6 is 15.9 Å². The monoisotopic (exact) mass is 532 g/mol. The second-order valence-corrected chi connectivity index (χ2v) is 9.13. The van der Waals surface area contributed by atoms with Crippen LogP contribution in [0.5, 0.6) is 5.75 Å². The van der Waals surface area contributed by atoms with E-state index in [-0.39, 0.29) is 5.97 Å². The first-order valence-corrected chi connectivity index (χ1v) is 12.4. The van der Waals surface area contributed by atoms with Gasteiger partial charge in [0.05, 0.1) is 18.4 Å². The molecule has 0 unspecified atom stereocenters. The third kappa shape index (κ3) is 5.77. The van der Waals surface area contributed by atoms with Gasteiger partial charge in [0.15, 0.2) is 0 Å². The van der Waals surface area contributed by atoms with Crippen LogP contribution in [0.1, 0.15) is 41.8 Å². The fourth-order valence-corrected chi connectivity index (χ4v) is 4.49. The number of nitrogens with zero attached hydrogens (tertiary/aromatic N) is 1. The van der Waals surface area contributed by atoms with Gasteiger partial charge >= 0.3 is 5.97 Å². The average Bonchev–Trinajstić information content (AvgIpc) is 2.88. The molecule has 6 heteroatoms. The summed E-state index contributed by atoms with van der Waals surface area (Å²) in [5.41, 5.74) is 6.37. The van der Waals surface area contributed by atoms with Gasteiger partial charge in [-0.15, -0.1) is 0 Å². The van der Waals surface area contributed by atoms with E-state index in [9.17, 15) is 4.79 Å². The molecule has 5 nitrogen and oxygen atoms in total. The van der Waals surface area contributed by atoms with Gasteiger partial charge in [-0.2, -0.15) is 0 Å². The second-order valence-electron chi connectivity index (χ2n) is 8.21. The molecule has 3 aromatic carbocycles. The number of allylic oxidation sites excluding steroid dienone is 3. The van der Waals surface area contributed by atoms with Crippen molar-refractivity contribution in [1.29, 1.82) is 0 Å². The Kier molecular flexibility index (Phi) is 7.93. The van der Waals surface area contributed by atoms with Gasteiger partial charge in [0.2, 0.25) is 0 Å². The van der Waals surface area contributed by atoms with E-state index in [1.807, 2.05) is 49.4 Å². The summed E-state index contributed by atoms with van der Waals surface area (Å²) >= 11 is 3.64. The highest BCUT2D eigenvalue weighted by Crippen LogP contribution is 2.40. The molecule has 0 atom stereocenters. The highest BCUT2D eigenvalue weighted by molar-refractivity contribution is 9.10. The number of hydrogen-bond acceptors (Lipinski definition) is 5. The Balaban J connectivity index is 1.76. The lowest BCUT2D eigenvalue weighted by Crippen LogP contribution is -2.23. The lowest BCUT2D eigenvalue weighted by molar-refractivity contribution is 0.0601. The van der Waals surface area contributed by atoms with E-state index in [0.717, 1.165) is 57.1 Å². The van der Waals surface area contributed by atoms with Gasteiger partial charge in [0.1, 0.15) is 12.4 Å². The van der Waals surface area contributed by atoms with Crippen LogP contribution in [0.2, 0.25) is 0 Å². The first-order chi connectivity index (χ1) is 17.0. The van der Waals surface area contributed by atoms with Gasteiger partial charge in [0.25, 0.3) is 0 Å². The molecule has 180 valence electrons. The molecule has 0 fully saturated rings. The van der Waals surface area contributed by atoms with Gasteiger partial charge < -0.3 is 19.7 Å². The van der Waals surface area contributed by atoms with Gasteiger partial charge in [-0.3, -0.25) is 0 Å². The van der Waals surface area contributed by atoms with Crippen LogP contribution in [-0.4, -0.2) is 19.6 Å². The van der Waals surface area contributed by atoms with Gasteiger partial charge in [-0.1, -0.05) is 58.4 Å². The number of carbonyl (C=O) groups is 1. The molecule has 0 aliphatic carbocycles. The summed E-state index contributed by atoms with van der Waals surface area (Å²) in [7, 11) is 1.40. The van der Waals surface area contributed by atoms with Crippen molar-refractivity contribution in [2.24, 2.45) is 0 Å². The number of anilines is 2. The summed E-state index contributed by atoms with van der Waals surface area (Å²) < 4.78 is 12.3. The van der Waals surface area contributed by atoms with Crippen molar-refractivity contribution in [2.45, 2.75) is 26.9 Å². The smallest absolute Gasteiger partial charge is 0.337 e. The van der Waals surface area contributed by atoms with E-state index < -0.39 is 0 Å². The van der Waals surface area contributed by atoms with Crippen molar-refractivity contribution in [3.05, 3.63) is 106 Å². The molecule has 0 bridgehead atoms. The first-order valence-electron chi connectivity index (χ1n) is 11.6. The molecular formula is C29H29BrN2O3. The third-order valence-electron chi connectivity index (χ3n) is 5.75. The maximum atomic E-state index is 12.4. The van der Waals surface area contributed by atoms with Crippen LogP contribution in [0.25, 0.3) is 5.70 Å². The van der Waals surface area contributed by atoms with Crippen LogP contribution in [0, 0.1) is 0 Å². The van der Waals surface area contributed by atoms with Crippen molar-refractivity contribution in [3.63, 3.8) is 0 Å². The Labute approximate surface area is 215 Å². The van der Waals surface area contributed by atoms with Gasteiger partial charge in [-0.25, -0.2) is 4.79 Å². The van der Waals surface area contributed by atoms with Crippen molar-refractivity contribution in [1.82, 2.24) is 0 Å². The minimum Gasteiger partial charge on any atom is -0.488 e. The predicted octanol–water partition coefficient (Wildman–Crippen LogP) is 7.40. The molecule has 1 heterocycles. The quantitative estimate of drug-likeness (QED) is 0.306. The summed E-state index contributed by atoms with van der Waals surface area (Å²) in [5, 5.41) is 3.33. The fourth-order valence-electron chi connectivity index (χ4n) is 4.13. The Morgan fingerprint density at radius 1 is 1.06 bits per heavy atom. The molecule has 1 aliphatic heterocycles. The lowest BCUT2D eigenvalue weighted by Gasteiger charge is -2.32. The minimum atomic E-state index is -0.371. The van der Waals surface area contributed by atoms with Crippen molar-refractivity contribution in [3.8, 4) is 5.75 Å². The zero-order chi connectivity index (χ0) is 24.8. The van der Waals surface area contributed by atoms with E-state index in [1.165, 1.54) is 7.11 Å². The second kappa shape index (κ2) is 11.3. The highest BCUT2D eigenvalue weighted by Gasteiger charge is 2.23. The number of nitrogens with one attached hydrogen (secondary N) is 1. The Hall–Kier alpha value is -3.51. The van der Waals surface area contributed by atoms with Crippen LogP contribution in [0.15, 0.2) is 89.1 Å².